The van der Waals surface area contributed by atoms with Crippen LogP contribution in [0.1, 0.15) is 17.0 Å². The van der Waals surface area contributed by atoms with Gasteiger partial charge in [-0.25, -0.2) is 18.5 Å². The second kappa shape index (κ2) is 9.61. The van der Waals surface area contributed by atoms with E-state index >= 15 is 0 Å². The van der Waals surface area contributed by atoms with Crippen LogP contribution in [0.3, 0.4) is 0 Å². The van der Waals surface area contributed by atoms with Crippen molar-refractivity contribution in [2.24, 2.45) is 5.73 Å². The van der Waals surface area contributed by atoms with Crippen LogP contribution in [0, 0.1) is 11.6 Å². The van der Waals surface area contributed by atoms with E-state index in [9.17, 15) is 31.5 Å². The van der Waals surface area contributed by atoms with E-state index in [0.29, 0.717) is 23.1 Å². The van der Waals surface area contributed by atoms with Crippen LogP contribution in [0.25, 0.3) is 0 Å². The quantitative estimate of drug-likeness (QED) is 0.680. The number of imide groups is 1. The Hall–Kier alpha value is -2.72. The minimum atomic E-state index is -5.10. The number of alkyl halides is 3. The summed E-state index contributed by atoms with van der Waals surface area (Å²) in [5.74, 6) is -6.56. The molecule has 11 heteroatoms. The number of ether oxygens (including phenoxy) is 1. The largest absolute Gasteiger partial charge is 0.447 e. The molecule has 2 aromatic rings. The van der Waals surface area contributed by atoms with Crippen molar-refractivity contribution < 1.29 is 36.3 Å². The van der Waals surface area contributed by atoms with Gasteiger partial charge in [0.15, 0.2) is 0 Å². The number of cyclic esters (lactones) is 1. The fraction of sp³-hybridized carbons (Fsp3) is 0.300. The van der Waals surface area contributed by atoms with Gasteiger partial charge >= 0.3 is 12.3 Å². The highest BCUT2D eigenvalue weighted by Crippen LogP contribution is 2.38. The van der Waals surface area contributed by atoms with Crippen molar-refractivity contribution in [2.75, 3.05) is 6.61 Å². The van der Waals surface area contributed by atoms with E-state index in [2.05, 4.69) is 0 Å². The molecule has 0 aliphatic carbocycles. The van der Waals surface area contributed by atoms with Gasteiger partial charge in [0.2, 0.25) is 5.91 Å². The van der Waals surface area contributed by atoms with E-state index in [-0.39, 0.29) is 25.4 Å². The molecular weight excluding hydrogens is 447 g/mol. The number of hydrogen-bond acceptors (Lipinski definition) is 4. The van der Waals surface area contributed by atoms with Gasteiger partial charge in [0.1, 0.15) is 30.2 Å². The second-order valence-corrected chi connectivity index (χ2v) is 6.88. The van der Waals surface area contributed by atoms with Crippen LogP contribution in [0.2, 0.25) is 0 Å². The lowest BCUT2D eigenvalue weighted by atomic mass is 9.89. The standard InChI is InChI=1S/C20H17F5N2O3.ClH/c21-13-7-12(8-14(22)9-13)16(20(23,24)25)17(26)18(28)27-15(10-30-19(27)29)6-11-4-2-1-3-5-11;/h1-5,7-9,15-17H,6,10,26H2;1H/t15-,16-,17+;/m0./s1. The molecule has 0 radical (unpaired) electrons. The van der Waals surface area contributed by atoms with Gasteiger partial charge in [0, 0.05) is 6.07 Å². The Balaban J connectivity index is 0.00000341. The van der Waals surface area contributed by atoms with Crippen molar-refractivity contribution in [2.45, 2.75) is 30.6 Å². The zero-order chi connectivity index (χ0) is 22.1. The minimum absolute atomic E-state index is 0. The monoisotopic (exact) mass is 464 g/mol. The molecule has 5 nitrogen and oxygen atoms in total. The van der Waals surface area contributed by atoms with Gasteiger partial charge in [-0.3, -0.25) is 4.79 Å². The van der Waals surface area contributed by atoms with Crippen molar-refractivity contribution in [1.82, 2.24) is 4.90 Å². The summed E-state index contributed by atoms with van der Waals surface area (Å²) in [5.41, 5.74) is 5.49. The van der Waals surface area contributed by atoms with Crippen molar-refractivity contribution in [3.63, 3.8) is 0 Å². The first kappa shape index (κ1) is 24.5. The zero-order valence-corrected chi connectivity index (χ0v) is 16.6. The van der Waals surface area contributed by atoms with Crippen LogP contribution in [-0.4, -0.2) is 41.8 Å². The topological polar surface area (TPSA) is 72.6 Å². The molecule has 3 rings (SSSR count). The molecular formula is C20H18ClF5N2O3. The van der Waals surface area contributed by atoms with Gasteiger partial charge in [0.05, 0.1) is 6.04 Å². The highest BCUT2D eigenvalue weighted by Gasteiger charge is 2.51. The molecule has 1 fully saturated rings. The second-order valence-electron chi connectivity index (χ2n) is 6.88. The molecule has 168 valence electrons. The van der Waals surface area contributed by atoms with Crippen LogP contribution in [0.5, 0.6) is 0 Å². The van der Waals surface area contributed by atoms with Crippen molar-refractivity contribution in [1.29, 1.82) is 0 Å². The third kappa shape index (κ3) is 5.50. The van der Waals surface area contributed by atoms with Crippen LogP contribution in [0.15, 0.2) is 48.5 Å². The van der Waals surface area contributed by atoms with Gasteiger partial charge in [-0.05, 0) is 29.7 Å². The predicted octanol–water partition coefficient (Wildman–Crippen LogP) is 3.95. The molecule has 2 N–H and O–H groups in total. The fourth-order valence-electron chi connectivity index (χ4n) is 3.42. The maximum Gasteiger partial charge on any atom is 0.417 e. The number of halogens is 6. The van der Waals surface area contributed by atoms with Gasteiger partial charge in [0.25, 0.3) is 0 Å². The highest BCUT2D eigenvalue weighted by molar-refractivity contribution is 5.97. The first-order valence-electron chi connectivity index (χ1n) is 8.90. The molecule has 0 unspecified atom stereocenters. The SMILES string of the molecule is Cl.N[C@@H](C(=O)N1C(=O)OC[C@@H]1Cc1ccccc1)[C@H](c1cc(F)cc(F)c1)C(F)(F)F. The number of amides is 2. The number of hydrogen-bond donors (Lipinski definition) is 1. The van der Waals surface area contributed by atoms with E-state index in [0.717, 1.165) is 5.56 Å². The Morgan fingerprint density at radius 3 is 2.26 bits per heavy atom. The summed E-state index contributed by atoms with van der Waals surface area (Å²) in [4.78, 5) is 25.4. The van der Waals surface area contributed by atoms with E-state index in [1.54, 1.807) is 30.3 Å². The Morgan fingerprint density at radius 2 is 1.71 bits per heavy atom. The van der Waals surface area contributed by atoms with Gasteiger partial charge in [-0.1, -0.05) is 30.3 Å². The summed E-state index contributed by atoms with van der Waals surface area (Å²) in [5, 5.41) is 0. The first-order chi connectivity index (χ1) is 14.1. The molecule has 1 aliphatic rings. The minimum Gasteiger partial charge on any atom is -0.447 e. The maximum atomic E-state index is 13.7. The van der Waals surface area contributed by atoms with E-state index < -0.39 is 53.4 Å². The normalized spacial score (nSPS) is 18.2. The molecule has 0 bridgehead atoms. The Bertz CT molecular complexity index is 922. The summed E-state index contributed by atoms with van der Waals surface area (Å²) in [7, 11) is 0. The van der Waals surface area contributed by atoms with Crippen molar-refractivity contribution in [3.05, 3.63) is 71.3 Å². The van der Waals surface area contributed by atoms with Crippen LogP contribution in [-0.2, 0) is 16.0 Å². The molecule has 1 heterocycles. The predicted molar refractivity (Wildman–Crippen MR) is 103 cm³/mol. The molecule has 0 saturated carbocycles. The lowest BCUT2D eigenvalue weighted by Gasteiger charge is -2.29. The number of carbonyl (C=O) groups is 2. The van der Waals surface area contributed by atoms with Gasteiger partial charge < -0.3 is 10.5 Å². The number of benzene rings is 2. The van der Waals surface area contributed by atoms with Gasteiger partial charge in [-0.2, -0.15) is 13.2 Å². The van der Waals surface area contributed by atoms with Crippen molar-refractivity contribution in [3.8, 4) is 0 Å². The maximum absolute atomic E-state index is 13.7. The molecule has 1 aliphatic heterocycles. The van der Waals surface area contributed by atoms with E-state index in [4.69, 9.17) is 10.5 Å². The molecule has 0 aromatic heterocycles. The van der Waals surface area contributed by atoms with E-state index in [1.165, 1.54) is 0 Å². The molecule has 0 spiro atoms. The number of carbonyl (C=O) groups excluding carboxylic acids is 2. The molecule has 3 atom stereocenters. The zero-order valence-electron chi connectivity index (χ0n) is 15.8. The average Bonchev–Trinajstić information content (AvgIpc) is 3.00. The summed E-state index contributed by atoms with van der Waals surface area (Å²) < 4.78 is 72.9. The summed E-state index contributed by atoms with van der Waals surface area (Å²) in [6.07, 6.45) is -6.08. The Kier molecular flexibility index (Phi) is 7.61. The van der Waals surface area contributed by atoms with Crippen LogP contribution < -0.4 is 5.73 Å². The van der Waals surface area contributed by atoms with Crippen LogP contribution in [0.4, 0.5) is 26.7 Å². The van der Waals surface area contributed by atoms with Crippen molar-refractivity contribution >= 4 is 24.4 Å². The molecule has 2 amide bonds. The fourth-order valence-corrected chi connectivity index (χ4v) is 3.42. The summed E-state index contributed by atoms with van der Waals surface area (Å²) in [6, 6.07) is 6.79. The number of nitrogens with zero attached hydrogens (tertiary/aromatic N) is 1. The highest BCUT2D eigenvalue weighted by atomic mass is 35.5. The Morgan fingerprint density at radius 1 is 1.13 bits per heavy atom. The lowest BCUT2D eigenvalue weighted by molar-refractivity contribution is -0.163. The first-order valence-corrected chi connectivity index (χ1v) is 8.90. The summed E-state index contributed by atoms with van der Waals surface area (Å²) >= 11 is 0. The van der Waals surface area contributed by atoms with Crippen LogP contribution >= 0.6 is 12.4 Å². The number of nitrogens with two attached hydrogens (primary N) is 1. The van der Waals surface area contributed by atoms with E-state index in [1.807, 2.05) is 0 Å². The molecule has 1 saturated heterocycles. The third-order valence-corrected chi connectivity index (χ3v) is 4.75. The number of rotatable bonds is 5. The molecule has 2 aromatic carbocycles. The third-order valence-electron chi connectivity index (χ3n) is 4.75. The summed E-state index contributed by atoms with van der Waals surface area (Å²) in [6.45, 7) is -0.211. The Labute approximate surface area is 180 Å². The smallest absolute Gasteiger partial charge is 0.417 e. The lowest BCUT2D eigenvalue weighted by Crippen LogP contribution is -2.53. The average molecular weight is 465 g/mol. The van der Waals surface area contributed by atoms with Gasteiger partial charge in [-0.15, -0.1) is 12.4 Å². The molecule has 31 heavy (non-hydrogen) atoms.